The lowest BCUT2D eigenvalue weighted by molar-refractivity contribution is -0.139. The lowest BCUT2D eigenvalue weighted by Gasteiger charge is -2.11. The SMILES string of the molecule is CCCC(NCc1noc(-c2ccc(C)cc2)n1)C(=O)O. The largest absolute Gasteiger partial charge is 0.480 e. The first kappa shape index (κ1) is 15.2. The molecule has 0 aliphatic carbocycles. The van der Waals surface area contributed by atoms with Crippen LogP contribution >= 0.6 is 0 Å². The summed E-state index contributed by atoms with van der Waals surface area (Å²) in [6.07, 6.45) is 1.36. The quantitative estimate of drug-likeness (QED) is 0.813. The van der Waals surface area contributed by atoms with Gasteiger partial charge in [0.25, 0.3) is 5.89 Å². The fourth-order valence-corrected chi connectivity index (χ4v) is 1.96. The van der Waals surface area contributed by atoms with Gasteiger partial charge < -0.3 is 9.63 Å². The molecule has 0 aliphatic heterocycles. The third-order valence-electron chi connectivity index (χ3n) is 3.15. The van der Waals surface area contributed by atoms with Gasteiger partial charge in [0.05, 0.1) is 6.54 Å². The van der Waals surface area contributed by atoms with E-state index in [2.05, 4.69) is 15.5 Å². The summed E-state index contributed by atoms with van der Waals surface area (Å²) in [5.41, 5.74) is 2.01. The molecule has 1 aromatic carbocycles. The summed E-state index contributed by atoms with van der Waals surface area (Å²) >= 11 is 0. The van der Waals surface area contributed by atoms with Gasteiger partial charge in [0.1, 0.15) is 6.04 Å². The van der Waals surface area contributed by atoms with Crippen molar-refractivity contribution >= 4 is 5.97 Å². The standard InChI is InChI=1S/C15H19N3O3/c1-3-4-12(15(19)20)16-9-13-17-14(21-18-13)11-7-5-10(2)6-8-11/h5-8,12,16H,3-4,9H2,1-2H3,(H,19,20). The highest BCUT2D eigenvalue weighted by atomic mass is 16.5. The second kappa shape index (κ2) is 6.99. The molecule has 2 N–H and O–H groups in total. The van der Waals surface area contributed by atoms with Crippen LogP contribution in [0.1, 0.15) is 31.2 Å². The van der Waals surface area contributed by atoms with Crippen molar-refractivity contribution in [3.63, 3.8) is 0 Å². The predicted octanol–water partition coefficient (Wildman–Crippen LogP) is 2.39. The lowest BCUT2D eigenvalue weighted by Crippen LogP contribution is -2.36. The number of hydrogen-bond donors (Lipinski definition) is 2. The van der Waals surface area contributed by atoms with Crippen LogP contribution in [0.2, 0.25) is 0 Å². The lowest BCUT2D eigenvalue weighted by atomic mass is 10.1. The summed E-state index contributed by atoms with van der Waals surface area (Å²) in [5, 5.41) is 15.9. The van der Waals surface area contributed by atoms with Crippen molar-refractivity contribution in [1.29, 1.82) is 0 Å². The first-order valence-electron chi connectivity index (χ1n) is 6.96. The number of nitrogens with zero attached hydrogens (tertiary/aromatic N) is 2. The Hall–Kier alpha value is -2.21. The smallest absolute Gasteiger partial charge is 0.320 e. The molecule has 6 heteroatoms. The molecular weight excluding hydrogens is 270 g/mol. The number of rotatable bonds is 7. The second-order valence-electron chi connectivity index (χ2n) is 4.94. The molecule has 112 valence electrons. The summed E-state index contributed by atoms with van der Waals surface area (Å²) < 4.78 is 5.19. The normalized spacial score (nSPS) is 12.3. The third kappa shape index (κ3) is 4.13. The molecule has 0 saturated heterocycles. The van der Waals surface area contributed by atoms with Crippen LogP contribution in [0.3, 0.4) is 0 Å². The average Bonchev–Trinajstić information content (AvgIpc) is 2.92. The molecule has 1 atom stereocenters. The molecular formula is C15H19N3O3. The van der Waals surface area contributed by atoms with E-state index >= 15 is 0 Å². The van der Waals surface area contributed by atoms with Gasteiger partial charge in [-0.15, -0.1) is 0 Å². The molecule has 0 radical (unpaired) electrons. The van der Waals surface area contributed by atoms with E-state index in [1.54, 1.807) is 0 Å². The Bertz CT molecular complexity index is 592. The first-order valence-corrected chi connectivity index (χ1v) is 6.96. The third-order valence-corrected chi connectivity index (χ3v) is 3.15. The van der Waals surface area contributed by atoms with E-state index in [4.69, 9.17) is 9.63 Å². The summed E-state index contributed by atoms with van der Waals surface area (Å²) in [5.74, 6) is 0.0289. The number of aliphatic carboxylic acids is 1. The highest BCUT2D eigenvalue weighted by molar-refractivity contribution is 5.73. The summed E-state index contributed by atoms with van der Waals surface area (Å²) in [4.78, 5) is 15.3. The topological polar surface area (TPSA) is 88.3 Å². The minimum Gasteiger partial charge on any atom is -0.480 e. The van der Waals surface area contributed by atoms with Crippen LogP contribution in [0, 0.1) is 6.92 Å². The van der Waals surface area contributed by atoms with E-state index in [9.17, 15) is 4.79 Å². The van der Waals surface area contributed by atoms with Gasteiger partial charge in [-0.25, -0.2) is 0 Å². The van der Waals surface area contributed by atoms with Gasteiger partial charge in [-0.05, 0) is 25.5 Å². The second-order valence-corrected chi connectivity index (χ2v) is 4.94. The molecule has 1 heterocycles. The van der Waals surface area contributed by atoms with Crippen molar-refractivity contribution in [2.24, 2.45) is 0 Å². The Kier molecular flexibility index (Phi) is 5.05. The molecule has 6 nitrogen and oxygen atoms in total. The number of carboxylic acids is 1. The predicted molar refractivity (Wildman–Crippen MR) is 77.6 cm³/mol. The van der Waals surface area contributed by atoms with E-state index in [1.807, 2.05) is 38.1 Å². The number of nitrogens with one attached hydrogen (secondary N) is 1. The van der Waals surface area contributed by atoms with Crippen LogP contribution in [0.25, 0.3) is 11.5 Å². The maximum atomic E-state index is 11.0. The molecule has 0 fully saturated rings. The Morgan fingerprint density at radius 3 is 2.71 bits per heavy atom. The Morgan fingerprint density at radius 1 is 1.38 bits per heavy atom. The van der Waals surface area contributed by atoms with Crippen molar-refractivity contribution in [2.45, 2.75) is 39.3 Å². The van der Waals surface area contributed by atoms with Crippen LogP contribution in [0.5, 0.6) is 0 Å². The van der Waals surface area contributed by atoms with Crippen molar-refractivity contribution < 1.29 is 14.4 Å². The fourth-order valence-electron chi connectivity index (χ4n) is 1.96. The number of hydrogen-bond acceptors (Lipinski definition) is 5. The zero-order chi connectivity index (χ0) is 15.2. The Morgan fingerprint density at radius 2 is 2.10 bits per heavy atom. The van der Waals surface area contributed by atoms with E-state index in [0.29, 0.717) is 18.1 Å². The summed E-state index contributed by atoms with van der Waals surface area (Å²) in [6.45, 7) is 4.22. The molecule has 0 saturated carbocycles. The van der Waals surface area contributed by atoms with E-state index in [0.717, 1.165) is 17.5 Å². The van der Waals surface area contributed by atoms with Crippen molar-refractivity contribution in [2.75, 3.05) is 0 Å². The zero-order valence-electron chi connectivity index (χ0n) is 12.2. The molecule has 1 unspecified atom stereocenters. The molecule has 1 aromatic heterocycles. The molecule has 0 bridgehead atoms. The van der Waals surface area contributed by atoms with Crippen LogP contribution in [0.4, 0.5) is 0 Å². The minimum atomic E-state index is -0.862. The monoisotopic (exact) mass is 289 g/mol. The fraction of sp³-hybridized carbons (Fsp3) is 0.400. The molecule has 2 aromatic rings. The van der Waals surface area contributed by atoms with Crippen LogP contribution in [-0.4, -0.2) is 27.3 Å². The molecule has 0 aliphatic rings. The van der Waals surface area contributed by atoms with E-state index < -0.39 is 12.0 Å². The van der Waals surface area contributed by atoms with Gasteiger partial charge in [-0.1, -0.05) is 36.2 Å². The minimum absolute atomic E-state index is 0.270. The van der Waals surface area contributed by atoms with Gasteiger partial charge in [0.2, 0.25) is 0 Å². The summed E-state index contributed by atoms with van der Waals surface area (Å²) in [6, 6.07) is 7.18. The Balaban J connectivity index is 2.00. The Labute approximate surface area is 123 Å². The number of aryl methyl sites for hydroxylation is 1. The maximum Gasteiger partial charge on any atom is 0.320 e. The van der Waals surface area contributed by atoms with E-state index in [-0.39, 0.29) is 6.54 Å². The zero-order valence-corrected chi connectivity index (χ0v) is 12.2. The van der Waals surface area contributed by atoms with Gasteiger partial charge in [0.15, 0.2) is 5.82 Å². The molecule has 0 spiro atoms. The average molecular weight is 289 g/mol. The molecule has 2 rings (SSSR count). The first-order chi connectivity index (χ1) is 10.1. The molecule has 0 amide bonds. The maximum absolute atomic E-state index is 11.0. The highest BCUT2D eigenvalue weighted by Gasteiger charge is 2.17. The van der Waals surface area contributed by atoms with Gasteiger partial charge >= 0.3 is 5.97 Å². The van der Waals surface area contributed by atoms with Crippen LogP contribution < -0.4 is 5.32 Å². The number of aromatic nitrogens is 2. The van der Waals surface area contributed by atoms with Gasteiger partial charge in [-0.3, -0.25) is 10.1 Å². The van der Waals surface area contributed by atoms with Crippen molar-refractivity contribution in [3.05, 3.63) is 35.7 Å². The van der Waals surface area contributed by atoms with E-state index in [1.165, 1.54) is 0 Å². The highest BCUT2D eigenvalue weighted by Crippen LogP contribution is 2.17. The van der Waals surface area contributed by atoms with Gasteiger partial charge in [-0.2, -0.15) is 4.98 Å². The number of carboxylic acid groups (broad SMARTS) is 1. The summed E-state index contributed by atoms with van der Waals surface area (Å²) in [7, 11) is 0. The van der Waals surface area contributed by atoms with Crippen molar-refractivity contribution in [1.82, 2.24) is 15.5 Å². The number of carbonyl (C=O) groups is 1. The van der Waals surface area contributed by atoms with Crippen LogP contribution in [0.15, 0.2) is 28.8 Å². The van der Waals surface area contributed by atoms with Gasteiger partial charge in [0, 0.05) is 5.56 Å². The number of benzene rings is 1. The molecule has 21 heavy (non-hydrogen) atoms. The van der Waals surface area contributed by atoms with Crippen molar-refractivity contribution in [3.8, 4) is 11.5 Å². The van der Waals surface area contributed by atoms with Crippen LogP contribution in [-0.2, 0) is 11.3 Å².